The molecule has 3 rings (SSSR count). The lowest BCUT2D eigenvalue weighted by molar-refractivity contribution is -0.131. The molecule has 2 heterocycles. The summed E-state index contributed by atoms with van der Waals surface area (Å²) in [6, 6.07) is 5.90. The largest absolute Gasteiger partial charge is 0.349 e. The molecular weight excluding hydrogens is 377 g/mol. The van der Waals surface area contributed by atoms with Crippen LogP contribution in [0.4, 0.5) is 4.39 Å². The molecule has 5 nitrogen and oxygen atoms in total. The summed E-state index contributed by atoms with van der Waals surface area (Å²) in [7, 11) is 0. The number of carbonyl (C=O) groups excluding carboxylic acids is 2. The molecule has 0 aliphatic carbocycles. The second-order valence-corrected chi connectivity index (χ2v) is 9.04. The van der Waals surface area contributed by atoms with Crippen LogP contribution in [0.5, 0.6) is 0 Å². The number of carbonyl (C=O) groups is 2. The van der Waals surface area contributed by atoms with Gasteiger partial charge in [0.2, 0.25) is 5.91 Å². The average Bonchev–Trinajstić information content (AvgIpc) is 3.11. The number of aromatic nitrogens is 1. The zero-order valence-corrected chi connectivity index (χ0v) is 17.3. The number of hydrogen-bond donors (Lipinski definition) is 1. The molecule has 0 atom stereocenters. The Hall–Kier alpha value is -2.28. The summed E-state index contributed by atoms with van der Waals surface area (Å²) < 4.78 is 13.7. The predicted molar refractivity (Wildman–Crippen MR) is 108 cm³/mol. The molecule has 1 N–H and O–H groups in total. The van der Waals surface area contributed by atoms with Gasteiger partial charge in [0.1, 0.15) is 5.82 Å². The van der Waals surface area contributed by atoms with Gasteiger partial charge in [-0.1, -0.05) is 32.9 Å². The maximum Gasteiger partial charge on any atom is 0.254 e. The van der Waals surface area contributed by atoms with Crippen LogP contribution in [-0.4, -0.2) is 40.8 Å². The molecule has 0 saturated carbocycles. The number of nitrogens with one attached hydrogen (secondary N) is 1. The highest BCUT2D eigenvalue weighted by molar-refractivity contribution is 7.09. The minimum atomic E-state index is -0.523. The van der Waals surface area contributed by atoms with E-state index in [0.717, 1.165) is 10.7 Å². The average molecular weight is 404 g/mol. The number of halogens is 1. The number of piperidine rings is 1. The lowest BCUT2D eigenvalue weighted by atomic mass is 9.98. The standard InChI is InChI=1S/C21H26FN3O2S/c1-21(2,3)20-24-15(13-28-20)12-18(26)25-10-8-14(9-11-25)23-19(27)16-6-4-5-7-17(16)22/h4-7,13-14H,8-12H2,1-3H3,(H,23,27). The van der Waals surface area contributed by atoms with Crippen LogP contribution in [0.25, 0.3) is 0 Å². The first-order valence-corrected chi connectivity index (χ1v) is 10.4. The van der Waals surface area contributed by atoms with E-state index in [2.05, 4.69) is 31.1 Å². The van der Waals surface area contributed by atoms with Gasteiger partial charge in [-0.25, -0.2) is 9.37 Å². The summed E-state index contributed by atoms with van der Waals surface area (Å²) >= 11 is 1.59. The molecule has 0 unspecified atom stereocenters. The Bertz CT molecular complexity index is 851. The summed E-state index contributed by atoms with van der Waals surface area (Å²) in [5, 5.41) is 5.87. The molecule has 1 aromatic heterocycles. The highest BCUT2D eigenvalue weighted by Gasteiger charge is 2.26. The molecule has 7 heteroatoms. The minimum Gasteiger partial charge on any atom is -0.349 e. The van der Waals surface area contributed by atoms with Gasteiger partial charge in [0, 0.05) is 29.9 Å². The summed E-state index contributed by atoms with van der Waals surface area (Å²) in [5.41, 5.74) is 0.856. The van der Waals surface area contributed by atoms with E-state index in [1.54, 1.807) is 23.5 Å². The lowest BCUT2D eigenvalue weighted by Gasteiger charge is -2.32. The first kappa shape index (κ1) is 20.5. The number of thiazole rings is 1. The highest BCUT2D eigenvalue weighted by atomic mass is 32.1. The van der Waals surface area contributed by atoms with Gasteiger partial charge >= 0.3 is 0 Å². The monoisotopic (exact) mass is 403 g/mol. The number of amides is 2. The Kier molecular flexibility index (Phi) is 6.13. The number of benzene rings is 1. The van der Waals surface area contributed by atoms with Gasteiger partial charge in [-0.2, -0.15) is 0 Å². The molecule has 0 bridgehead atoms. The first-order valence-electron chi connectivity index (χ1n) is 9.52. The molecule has 2 aromatic rings. The Morgan fingerprint density at radius 1 is 1.25 bits per heavy atom. The zero-order chi connectivity index (χ0) is 20.3. The Balaban J connectivity index is 1.49. The normalized spacial score (nSPS) is 15.5. The van der Waals surface area contributed by atoms with E-state index in [-0.39, 0.29) is 22.9 Å². The van der Waals surface area contributed by atoms with Gasteiger partial charge < -0.3 is 10.2 Å². The van der Waals surface area contributed by atoms with Crippen molar-refractivity contribution in [2.75, 3.05) is 13.1 Å². The third kappa shape index (κ3) is 4.95. The molecule has 150 valence electrons. The summed E-state index contributed by atoms with van der Waals surface area (Å²) in [6.45, 7) is 7.49. The lowest BCUT2D eigenvalue weighted by Crippen LogP contribution is -2.47. The van der Waals surface area contributed by atoms with Crippen molar-refractivity contribution in [1.29, 1.82) is 0 Å². The molecule has 0 spiro atoms. The van der Waals surface area contributed by atoms with Crippen LogP contribution in [-0.2, 0) is 16.6 Å². The second-order valence-electron chi connectivity index (χ2n) is 8.18. The summed E-state index contributed by atoms with van der Waals surface area (Å²) in [5.74, 6) is -0.866. The third-order valence-corrected chi connectivity index (χ3v) is 6.14. The van der Waals surface area contributed by atoms with Crippen molar-refractivity contribution >= 4 is 23.2 Å². The van der Waals surface area contributed by atoms with Gasteiger partial charge in [-0.3, -0.25) is 9.59 Å². The topological polar surface area (TPSA) is 62.3 Å². The van der Waals surface area contributed by atoms with Crippen molar-refractivity contribution < 1.29 is 14.0 Å². The fraction of sp³-hybridized carbons (Fsp3) is 0.476. The van der Waals surface area contributed by atoms with E-state index >= 15 is 0 Å². The third-order valence-electron chi connectivity index (χ3n) is 4.83. The van der Waals surface area contributed by atoms with Crippen molar-refractivity contribution in [3.8, 4) is 0 Å². The van der Waals surface area contributed by atoms with Gasteiger partial charge in [-0.05, 0) is 25.0 Å². The highest BCUT2D eigenvalue weighted by Crippen LogP contribution is 2.26. The van der Waals surface area contributed by atoms with Crippen molar-refractivity contribution in [1.82, 2.24) is 15.2 Å². The maximum absolute atomic E-state index is 13.7. The molecule has 2 amide bonds. The minimum absolute atomic E-state index is 0.0132. The maximum atomic E-state index is 13.7. The summed E-state index contributed by atoms with van der Waals surface area (Å²) in [6.07, 6.45) is 1.63. The van der Waals surface area contributed by atoms with Gasteiger partial charge in [-0.15, -0.1) is 11.3 Å². The number of likely N-dealkylation sites (tertiary alicyclic amines) is 1. The van der Waals surface area contributed by atoms with E-state index in [1.165, 1.54) is 12.1 Å². The molecule has 1 aliphatic rings. The molecule has 1 aromatic carbocycles. The van der Waals surface area contributed by atoms with E-state index < -0.39 is 11.7 Å². The van der Waals surface area contributed by atoms with E-state index in [0.29, 0.717) is 32.4 Å². The van der Waals surface area contributed by atoms with E-state index in [9.17, 15) is 14.0 Å². The van der Waals surface area contributed by atoms with Crippen LogP contribution in [0.15, 0.2) is 29.6 Å². The fourth-order valence-electron chi connectivity index (χ4n) is 3.18. The molecule has 28 heavy (non-hydrogen) atoms. The smallest absolute Gasteiger partial charge is 0.254 e. The number of hydrogen-bond acceptors (Lipinski definition) is 4. The van der Waals surface area contributed by atoms with Crippen molar-refractivity contribution in [3.63, 3.8) is 0 Å². The fourth-order valence-corrected chi connectivity index (χ4v) is 4.09. The zero-order valence-electron chi connectivity index (χ0n) is 16.5. The van der Waals surface area contributed by atoms with Crippen molar-refractivity contribution in [2.24, 2.45) is 0 Å². The number of nitrogens with zero attached hydrogens (tertiary/aromatic N) is 2. The Morgan fingerprint density at radius 3 is 2.54 bits per heavy atom. The van der Waals surface area contributed by atoms with E-state index in [4.69, 9.17) is 0 Å². The van der Waals surface area contributed by atoms with Crippen LogP contribution in [0.2, 0.25) is 0 Å². The second kappa shape index (κ2) is 8.39. The van der Waals surface area contributed by atoms with Gasteiger partial charge in [0.15, 0.2) is 0 Å². The molecule has 1 saturated heterocycles. The quantitative estimate of drug-likeness (QED) is 0.849. The SMILES string of the molecule is CC(C)(C)c1nc(CC(=O)N2CCC(NC(=O)c3ccccc3F)CC2)cs1. The Morgan fingerprint density at radius 2 is 1.93 bits per heavy atom. The van der Waals surface area contributed by atoms with E-state index in [1.807, 2.05) is 10.3 Å². The summed E-state index contributed by atoms with van der Waals surface area (Å²) in [4.78, 5) is 31.2. The Labute approximate surface area is 169 Å². The van der Waals surface area contributed by atoms with Gasteiger partial charge in [0.05, 0.1) is 22.7 Å². The van der Waals surface area contributed by atoms with Crippen LogP contribution in [0.1, 0.15) is 54.7 Å². The first-order chi connectivity index (χ1) is 13.2. The molecular formula is C21H26FN3O2S. The van der Waals surface area contributed by atoms with Crippen LogP contribution < -0.4 is 5.32 Å². The molecule has 1 aliphatic heterocycles. The van der Waals surface area contributed by atoms with Crippen molar-refractivity contribution in [2.45, 2.75) is 51.5 Å². The van der Waals surface area contributed by atoms with Crippen LogP contribution in [0, 0.1) is 5.82 Å². The molecule has 0 radical (unpaired) electrons. The van der Waals surface area contributed by atoms with Crippen molar-refractivity contribution in [3.05, 3.63) is 51.7 Å². The van der Waals surface area contributed by atoms with Gasteiger partial charge in [0.25, 0.3) is 5.91 Å². The van der Waals surface area contributed by atoms with Crippen LogP contribution in [0.3, 0.4) is 0 Å². The molecule has 1 fully saturated rings. The predicted octanol–water partition coefficient (Wildman–Crippen LogP) is 3.54. The number of rotatable bonds is 4. The van der Waals surface area contributed by atoms with Crippen LogP contribution >= 0.6 is 11.3 Å².